The normalized spacial score (nSPS) is 10.1. The first kappa shape index (κ1) is 14.3. The molecule has 0 aliphatic rings. The number of pyridine rings is 1. The molecule has 0 spiro atoms. The Bertz CT molecular complexity index is 621. The minimum Gasteiger partial charge on any atom is -0.326 e. The highest BCUT2D eigenvalue weighted by Crippen LogP contribution is 2.27. The molecule has 1 N–H and O–H groups in total. The molecule has 102 valence electrons. The topological polar surface area (TPSA) is 59.1 Å². The predicted octanol–water partition coefficient (Wildman–Crippen LogP) is 3.39. The lowest BCUT2D eigenvalue weighted by Crippen LogP contribution is -2.05. The number of ketones is 1. The molecule has 0 saturated heterocycles. The van der Waals surface area contributed by atoms with Crippen molar-refractivity contribution in [2.24, 2.45) is 0 Å². The highest BCUT2D eigenvalue weighted by molar-refractivity contribution is 7.99. The summed E-state index contributed by atoms with van der Waals surface area (Å²) in [6.45, 7) is 2.99. The number of carbonyl (C=O) groups excluding carboxylic acids is 2. The Balaban J connectivity index is 2.06. The van der Waals surface area contributed by atoms with Crippen LogP contribution in [0.15, 0.2) is 52.5 Å². The zero-order chi connectivity index (χ0) is 14.5. The van der Waals surface area contributed by atoms with Crippen LogP contribution in [0.2, 0.25) is 0 Å². The summed E-state index contributed by atoms with van der Waals surface area (Å²) >= 11 is 1.50. The maximum Gasteiger partial charge on any atom is 0.221 e. The zero-order valence-corrected chi connectivity index (χ0v) is 12.0. The number of nitrogens with one attached hydrogen (secondary N) is 1. The van der Waals surface area contributed by atoms with E-state index in [1.54, 1.807) is 12.3 Å². The van der Waals surface area contributed by atoms with E-state index >= 15 is 0 Å². The van der Waals surface area contributed by atoms with Crippen LogP contribution in [0.25, 0.3) is 0 Å². The number of rotatable bonds is 4. The molecule has 0 radical (unpaired) electrons. The molecule has 1 heterocycles. The molecule has 5 heteroatoms. The highest BCUT2D eigenvalue weighted by atomic mass is 32.2. The van der Waals surface area contributed by atoms with Crippen molar-refractivity contribution in [3.05, 3.63) is 48.2 Å². The van der Waals surface area contributed by atoms with E-state index in [-0.39, 0.29) is 11.7 Å². The highest BCUT2D eigenvalue weighted by Gasteiger charge is 2.03. The van der Waals surface area contributed by atoms with E-state index in [1.807, 2.05) is 30.3 Å². The van der Waals surface area contributed by atoms with Gasteiger partial charge >= 0.3 is 0 Å². The van der Waals surface area contributed by atoms with Gasteiger partial charge in [0.25, 0.3) is 0 Å². The number of hydrogen-bond donors (Lipinski definition) is 1. The Labute approximate surface area is 121 Å². The first-order valence-electron chi connectivity index (χ1n) is 6.07. The summed E-state index contributed by atoms with van der Waals surface area (Å²) in [5, 5.41) is 3.54. The van der Waals surface area contributed by atoms with Crippen molar-refractivity contribution in [3.63, 3.8) is 0 Å². The fraction of sp³-hybridized carbons (Fsp3) is 0.133. The van der Waals surface area contributed by atoms with Crippen molar-refractivity contribution in [3.8, 4) is 0 Å². The number of nitrogens with zero attached hydrogens (tertiary/aromatic N) is 1. The lowest BCUT2D eigenvalue weighted by Gasteiger charge is -2.04. The first-order chi connectivity index (χ1) is 9.54. The Kier molecular flexibility index (Phi) is 4.53. The van der Waals surface area contributed by atoms with Crippen molar-refractivity contribution >= 4 is 29.1 Å². The molecule has 0 aliphatic carbocycles. The minimum atomic E-state index is -0.0908. The van der Waals surface area contributed by atoms with Crippen LogP contribution >= 0.6 is 11.8 Å². The molecule has 20 heavy (non-hydrogen) atoms. The van der Waals surface area contributed by atoms with Crippen molar-refractivity contribution in [2.75, 3.05) is 5.32 Å². The standard InChI is InChI=1S/C15H14N2O2S/c1-10(18)12-3-8-15(16-9-12)20-14-6-4-13(5-7-14)17-11(2)19/h3-9H,1-2H3,(H,17,19). The van der Waals surface area contributed by atoms with Crippen molar-refractivity contribution in [1.82, 2.24) is 4.98 Å². The monoisotopic (exact) mass is 286 g/mol. The molecular formula is C15H14N2O2S. The van der Waals surface area contributed by atoms with Gasteiger partial charge in [-0.1, -0.05) is 11.8 Å². The first-order valence-corrected chi connectivity index (χ1v) is 6.89. The summed E-state index contributed by atoms with van der Waals surface area (Å²) in [5.41, 5.74) is 1.37. The molecule has 2 aromatic rings. The van der Waals surface area contributed by atoms with E-state index in [0.29, 0.717) is 5.56 Å². The van der Waals surface area contributed by atoms with E-state index in [2.05, 4.69) is 10.3 Å². The summed E-state index contributed by atoms with van der Waals surface area (Å²) in [7, 11) is 0. The van der Waals surface area contributed by atoms with E-state index in [4.69, 9.17) is 0 Å². The van der Waals surface area contributed by atoms with Crippen molar-refractivity contribution < 1.29 is 9.59 Å². The number of anilines is 1. The van der Waals surface area contributed by atoms with Gasteiger partial charge in [0.15, 0.2) is 5.78 Å². The largest absolute Gasteiger partial charge is 0.326 e. The molecule has 0 bridgehead atoms. The molecule has 2 rings (SSSR count). The maximum absolute atomic E-state index is 11.2. The molecule has 1 amide bonds. The van der Waals surface area contributed by atoms with Crippen LogP contribution in [-0.4, -0.2) is 16.7 Å². The number of Topliss-reactive ketones (excluding diaryl/α,β-unsaturated/α-hetero) is 1. The Morgan fingerprint density at radius 2 is 1.75 bits per heavy atom. The summed E-state index contributed by atoms with van der Waals surface area (Å²) in [4.78, 5) is 27.3. The summed E-state index contributed by atoms with van der Waals surface area (Å²) < 4.78 is 0. The number of aromatic nitrogens is 1. The lowest BCUT2D eigenvalue weighted by atomic mass is 10.2. The quantitative estimate of drug-likeness (QED) is 0.875. The number of hydrogen-bond acceptors (Lipinski definition) is 4. The van der Waals surface area contributed by atoms with Gasteiger partial charge in [-0.05, 0) is 43.3 Å². The van der Waals surface area contributed by atoms with Crippen LogP contribution < -0.4 is 5.32 Å². The van der Waals surface area contributed by atoms with Gasteiger partial charge in [-0.15, -0.1) is 0 Å². The molecule has 1 aromatic heterocycles. The molecule has 0 saturated carbocycles. The van der Waals surface area contributed by atoms with Gasteiger partial charge in [-0.2, -0.15) is 0 Å². The second-order valence-electron chi connectivity index (χ2n) is 4.25. The van der Waals surface area contributed by atoms with E-state index in [9.17, 15) is 9.59 Å². The molecule has 0 aliphatic heterocycles. The predicted molar refractivity (Wildman–Crippen MR) is 79.1 cm³/mol. The van der Waals surface area contributed by atoms with Gasteiger partial charge in [0, 0.05) is 29.3 Å². The van der Waals surface area contributed by atoms with Gasteiger partial charge in [0.05, 0.1) is 0 Å². The van der Waals surface area contributed by atoms with Crippen LogP contribution in [0.3, 0.4) is 0 Å². The van der Waals surface area contributed by atoms with Gasteiger partial charge in [0.2, 0.25) is 5.91 Å². The maximum atomic E-state index is 11.2. The van der Waals surface area contributed by atoms with Gasteiger partial charge in [0.1, 0.15) is 5.03 Å². The van der Waals surface area contributed by atoms with E-state index in [1.165, 1.54) is 25.6 Å². The van der Waals surface area contributed by atoms with Gasteiger partial charge < -0.3 is 5.32 Å². The lowest BCUT2D eigenvalue weighted by molar-refractivity contribution is -0.114. The third-order valence-corrected chi connectivity index (χ3v) is 3.50. The molecule has 4 nitrogen and oxygen atoms in total. The Morgan fingerprint density at radius 1 is 1.05 bits per heavy atom. The summed E-state index contributed by atoms with van der Waals surface area (Å²) in [6, 6.07) is 11.1. The fourth-order valence-corrected chi connectivity index (χ4v) is 2.33. The van der Waals surface area contributed by atoms with Crippen molar-refractivity contribution in [1.29, 1.82) is 0 Å². The average Bonchev–Trinajstić information content (AvgIpc) is 2.41. The molecule has 1 aromatic carbocycles. The van der Waals surface area contributed by atoms with Crippen LogP contribution in [0, 0.1) is 0 Å². The van der Waals surface area contributed by atoms with Gasteiger partial charge in [-0.25, -0.2) is 4.98 Å². The van der Waals surface area contributed by atoms with Crippen LogP contribution in [-0.2, 0) is 4.79 Å². The second kappa shape index (κ2) is 6.34. The molecule has 0 fully saturated rings. The number of benzene rings is 1. The van der Waals surface area contributed by atoms with Gasteiger partial charge in [-0.3, -0.25) is 9.59 Å². The third-order valence-electron chi connectivity index (χ3n) is 2.54. The number of carbonyl (C=O) groups is 2. The van der Waals surface area contributed by atoms with E-state index in [0.717, 1.165) is 15.6 Å². The summed E-state index contributed by atoms with van der Waals surface area (Å²) in [5.74, 6) is -0.0828. The van der Waals surface area contributed by atoms with E-state index < -0.39 is 0 Å². The fourth-order valence-electron chi connectivity index (χ4n) is 1.58. The Morgan fingerprint density at radius 3 is 2.25 bits per heavy atom. The average molecular weight is 286 g/mol. The minimum absolute atomic E-state index is 0.00806. The number of amides is 1. The Hall–Kier alpha value is -2.14. The van der Waals surface area contributed by atoms with Crippen molar-refractivity contribution in [2.45, 2.75) is 23.8 Å². The van der Waals surface area contributed by atoms with Crippen LogP contribution in [0.1, 0.15) is 24.2 Å². The van der Waals surface area contributed by atoms with Crippen LogP contribution in [0.4, 0.5) is 5.69 Å². The molecule has 0 unspecified atom stereocenters. The zero-order valence-electron chi connectivity index (χ0n) is 11.2. The third kappa shape index (κ3) is 3.93. The molecule has 0 atom stereocenters. The SMILES string of the molecule is CC(=O)Nc1ccc(Sc2ccc(C(C)=O)cn2)cc1. The summed E-state index contributed by atoms with van der Waals surface area (Å²) in [6.07, 6.45) is 1.58. The smallest absolute Gasteiger partial charge is 0.221 e. The second-order valence-corrected chi connectivity index (χ2v) is 5.34. The van der Waals surface area contributed by atoms with Crippen LogP contribution in [0.5, 0.6) is 0 Å². The molecular weight excluding hydrogens is 272 g/mol.